The highest BCUT2D eigenvalue weighted by molar-refractivity contribution is 8.63. The van der Waals surface area contributed by atoms with Crippen LogP contribution in [0.4, 0.5) is 0 Å². The fourth-order valence-electron chi connectivity index (χ4n) is 0.939. The second-order valence-corrected chi connectivity index (χ2v) is 9.17. The van der Waals surface area contributed by atoms with E-state index in [0.29, 0.717) is 0 Å². The molecule has 0 spiro atoms. The van der Waals surface area contributed by atoms with Gasteiger partial charge in [0, 0.05) is 0 Å². The topological polar surface area (TPSA) is 0 Å². The fraction of sp³-hybridized carbons (Fsp3) is 0.143. The van der Waals surface area contributed by atoms with Gasteiger partial charge in [0.05, 0.1) is 4.58 Å². The summed E-state index contributed by atoms with van der Waals surface area (Å²) in [7, 11) is 0.247. The molecule has 1 aliphatic heterocycles. The van der Waals surface area contributed by atoms with E-state index in [4.69, 9.17) is 0 Å². The van der Waals surface area contributed by atoms with E-state index in [9.17, 15) is 0 Å². The van der Waals surface area contributed by atoms with Crippen molar-refractivity contribution in [3.8, 4) is 0 Å². The standard InChI is InChI=1S/C7H8S2Si/c1-2-4-6(5-3-1)7-8-10-9-7/h1-5,7H,10H2. The first-order valence-corrected chi connectivity index (χ1v) is 8.81. The Hall–Kier alpha value is 0.137. The van der Waals surface area contributed by atoms with Crippen molar-refractivity contribution in [1.29, 1.82) is 0 Å². The van der Waals surface area contributed by atoms with Crippen LogP contribution in [0.1, 0.15) is 10.1 Å². The third kappa shape index (κ3) is 1.26. The molecule has 1 saturated heterocycles. The molecule has 1 aromatic carbocycles. The van der Waals surface area contributed by atoms with Gasteiger partial charge in [0.1, 0.15) is 7.82 Å². The van der Waals surface area contributed by atoms with Gasteiger partial charge in [-0.15, -0.1) is 0 Å². The van der Waals surface area contributed by atoms with E-state index in [2.05, 4.69) is 52.8 Å². The van der Waals surface area contributed by atoms with E-state index >= 15 is 0 Å². The van der Waals surface area contributed by atoms with Gasteiger partial charge in [-0.25, -0.2) is 0 Å². The Kier molecular flexibility index (Phi) is 2.07. The third-order valence-corrected chi connectivity index (χ3v) is 10.5. The zero-order chi connectivity index (χ0) is 6.81. The summed E-state index contributed by atoms with van der Waals surface area (Å²) in [5.74, 6) is 0. The van der Waals surface area contributed by atoms with Crippen molar-refractivity contribution in [1.82, 2.24) is 0 Å². The highest BCUT2D eigenvalue weighted by Gasteiger charge is 2.19. The van der Waals surface area contributed by atoms with Gasteiger partial charge in [-0.2, -0.15) is 22.4 Å². The first kappa shape index (κ1) is 6.82. The lowest BCUT2D eigenvalue weighted by atomic mass is 10.2. The Morgan fingerprint density at radius 1 is 1.10 bits per heavy atom. The molecule has 1 aromatic rings. The SMILES string of the molecule is c1ccc(C2S[SiH2]S2)cc1. The van der Waals surface area contributed by atoms with Crippen molar-refractivity contribution in [2.75, 3.05) is 0 Å². The van der Waals surface area contributed by atoms with Crippen LogP contribution in [-0.4, -0.2) is 7.82 Å². The molecule has 52 valence electrons. The normalized spacial score (nSPS) is 26.2. The lowest BCUT2D eigenvalue weighted by molar-refractivity contribution is 1.39. The van der Waals surface area contributed by atoms with Crippen molar-refractivity contribution in [2.24, 2.45) is 0 Å². The van der Waals surface area contributed by atoms with E-state index in [0.717, 1.165) is 4.58 Å². The number of benzene rings is 1. The fourth-order valence-corrected chi connectivity index (χ4v) is 6.33. The summed E-state index contributed by atoms with van der Waals surface area (Å²) in [5.41, 5.74) is 1.50. The largest absolute Gasteiger partial charge is 0.162 e. The number of hydrogen-bond donors (Lipinski definition) is 0. The molecule has 1 heterocycles. The second-order valence-electron chi connectivity index (χ2n) is 2.19. The van der Waals surface area contributed by atoms with Gasteiger partial charge in [-0.05, 0) is 5.56 Å². The average molecular weight is 184 g/mol. The molecule has 0 unspecified atom stereocenters. The Bertz CT molecular complexity index is 208. The Balaban J connectivity index is 2.18. The minimum absolute atomic E-state index is 0.247. The van der Waals surface area contributed by atoms with Crippen LogP contribution >= 0.6 is 22.4 Å². The second kappa shape index (κ2) is 3.03. The molecule has 0 atom stereocenters. The molecule has 0 nitrogen and oxygen atoms in total. The van der Waals surface area contributed by atoms with Crippen molar-refractivity contribution < 1.29 is 0 Å². The van der Waals surface area contributed by atoms with Gasteiger partial charge < -0.3 is 0 Å². The van der Waals surface area contributed by atoms with Gasteiger partial charge in [-0.3, -0.25) is 0 Å². The van der Waals surface area contributed by atoms with Crippen LogP contribution < -0.4 is 0 Å². The smallest absolute Gasteiger partial charge is 0.149 e. The van der Waals surface area contributed by atoms with Crippen LogP contribution in [0, 0.1) is 0 Å². The molecular weight excluding hydrogens is 176 g/mol. The maximum Gasteiger partial charge on any atom is 0.149 e. The summed E-state index contributed by atoms with van der Waals surface area (Å²) < 4.78 is 0.785. The monoisotopic (exact) mass is 184 g/mol. The van der Waals surface area contributed by atoms with E-state index in [1.165, 1.54) is 5.56 Å². The van der Waals surface area contributed by atoms with Gasteiger partial charge >= 0.3 is 0 Å². The summed E-state index contributed by atoms with van der Waals surface area (Å²) in [4.78, 5) is 0. The molecule has 0 bridgehead atoms. The molecule has 0 saturated carbocycles. The number of rotatable bonds is 1. The average Bonchev–Trinajstić information content (AvgIpc) is 1.86. The summed E-state index contributed by atoms with van der Waals surface area (Å²) in [6, 6.07) is 10.8. The lowest BCUT2D eigenvalue weighted by Crippen LogP contribution is -2.01. The summed E-state index contributed by atoms with van der Waals surface area (Å²) in [6.45, 7) is 0. The van der Waals surface area contributed by atoms with Crippen LogP contribution in [0.2, 0.25) is 0 Å². The van der Waals surface area contributed by atoms with Gasteiger partial charge in [-0.1, -0.05) is 30.3 Å². The molecule has 0 radical (unpaired) electrons. The molecular formula is C7H8S2Si. The summed E-state index contributed by atoms with van der Waals surface area (Å²) in [6.07, 6.45) is 0. The van der Waals surface area contributed by atoms with E-state index in [-0.39, 0.29) is 7.82 Å². The van der Waals surface area contributed by atoms with Crippen molar-refractivity contribution >= 4 is 30.2 Å². The summed E-state index contributed by atoms with van der Waals surface area (Å²) >= 11 is 4.32. The zero-order valence-corrected chi connectivity index (χ0v) is 8.53. The lowest BCUT2D eigenvalue weighted by Gasteiger charge is -2.24. The third-order valence-electron chi connectivity index (χ3n) is 1.51. The van der Waals surface area contributed by atoms with Crippen LogP contribution in [-0.2, 0) is 0 Å². The van der Waals surface area contributed by atoms with Crippen LogP contribution in [0.25, 0.3) is 0 Å². The van der Waals surface area contributed by atoms with E-state index in [1.54, 1.807) is 0 Å². The minimum atomic E-state index is 0.247. The van der Waals surface area contributed by atoms with Gasteiger partial charge in [0.2, 0.25) is 0 Å². The Morgan fingerprint density at radius 2 is 1.80 bits per heavy atom. The predicted molar refractivity (Wildman–Crippen MR) is 52.9 cm³/mol. The minimum Gasteiger partial charge on any atom is -0.162 e. The highest BCUT2D eigenvalue weighted by atomic mass is 32.6. The molecule has 10 heavy (non-hydrogen) atoms. The van der Waals surface area contributed by atoms with Crippen LogP contribution in [0.5, 0.6) is 0 Å². The highest BCUT2D eigenvalue weighted by Crippen LogP contribution is 2.49. The van der Waals surface area contributed by atoms with Crippen LogP contribution in [0.3, 0.4) is 0 Å². The molecule has 0 N–H and O–H groups in total. The van der Waals surface area contributed by atoms with E-state index < -0.39 is 0 Å². The molecule has 0 aliphatic carbocycles. The first-order chi connectivity index (χ1) is 4.97. The van der Waals surface area contributed by atoms with Gasteiger partial charge in [0.25, 0.3) is 0 Å². The maximum absolute atomic E-state index is 2.22. The molecule has 0 amide bonds. The molecule has 3 heteroatoms. The van der Waals surface area contributed by atoms with Crippen molar-refractivity contribution in [3.05, 3.63) is 35.9 Å². The predicted octanol–water partition coefficient (Wildman–Crippen LogP) is 2.16. The summed E-state index contributed by atoms with van der Waals surface area (Å²) in [5, 5.41) is 0. The van der Waals surface area contributed by atoms with Crippen molar-refractivity contribution in [3.63, 3.8) is 0 Å². The molecule has 2 rings (SSSR count). The quantitative estimate of drug-likeness (QED) is 0.614. The van der Waals surface area contributed by atoms with E-state index in [1.807, 2.05) is 0 Å². The maximum atomic E-state index is 2.22. The first-order valence-electron chi connectivity index (χ1n) is 3.25. The number of hydrogen-bond acceptors (Lipinski definition) is 2. The Morgan fingerprint density at radius 3 is 2.30 bits per heavy atom. The molecule has 1 aliphatic rings. The van der Waals surface area contributed by atoms with Crippen LogP contribution in [0.15, 0.2) is 30.3 Å². The van der Waals surface area contributed by atoms with Crippen molar-refractivity contribution in [2.45, 2.75) is 4.58 Å². The van der Waals surface area contributed by atoms with Gasteiger partial charge in [0.15, 0.2) is 0 Å². The molecule has 1 fully saturated rings. The Labute approximate surface area is 70.9 Å². The zero-order valence-electron chi connectivity index (χ0n) is 5.49. The molecule has 0 aromatic heterocycles.